The van der Waals surface area contributed by atoms with Crippen molar-refractivity contribution in [2.45, 2.75) is 51.2 Å². The van der Waals surface area contributed by atoms with Crippen molar-refractivity contribution < 1.29 is 5.11 Å². The molecule has 0 spiro atoms. The first kappa shape index (κ1) is 16.2. The first-order valence-corrected chi connectivity index (χ1v) is 9.25. The van der Waals surface area contributed by atoms with Gasteiger partial charge in [0.2, 0.25) is 0 Å². The van der Waals surface area contributed by atoms with E-state index in [-0.39, 0.29) is 0 Å². The van der Waals surface area contributed by atoms with Crippen LogP contribution in [0.15, 0.2) is 36.4 Å². The Kier molecular flexibility index (Phi) is 6.94. The fraction of sp³-hybridized carbons (Fsp3) is 0.474. The zero-order chi connectivity index (χ0) is 14.9. The molecule has 0 bridgehead atoms. The summed E-state index contributed by atoms with van der Waals surface area (Å²) in [5.41, 5.74) is 1.06. The normalized spacial score (nSPS) is 11.1. The zero-order valence-corrected chi connectivity index (χ0v) is 13.8. The highest BCUT2D eigenvalue weighted by atomic mass is 32.2. The van der Waals surface area contributed by atoms with Gasteiger partial charge < -0.3 is 5.11 Å². The third-order valence-corrected chi connectivity index (χ3v) is 4.98. The monoisotopic (exact) mass is 302 g/mol. The van der Waals surface area contributed by atoms with E-state index in [0.29, 0.717) is 5.75 Å². The number of unbranched alkanes of at least 4 members (excludes halogenated alkanes) is 5. The Bertz CT molecular complexity index is 550. The van der Waals surface area contributed by atoms with Crippen LogP contribution in [0.3, 0.4) is 0 Å². The Morgan fingerprint density at radius 2 is 1.67 bits per heavy atom. The van der Waals surface area contributed by atoms with Crippen LogP contribution < -0.4 is 0 Å². The number of phenols is 1. The Hall–Kier alpha value is -1.15. The van der Waals surface area contributed by atoms with Gasteiger partial charge in [-0.2, -0.15) is 11.8 Å². The summed E-state index contributed by atoms with van der Waals surface area (Å²) in [6, 6.07) is 12.2. The molecule has 2 aromatic carbocycles. The molecule has 0 unspecified atom stereocenters. The number of phenolic OH excluding ortho intramolecular Hbond substituents is 1. The molecule has 1 N–H and O–H groups in total. The van der Waals surface area contributed by atoms with Gasteiger partial charge in [-0.3, -0.25) is 0 Å². The molecule has 2 rings (SSSR count). The lowest BCUT2D eigenvalue weighted by Crippen LogP contribution is -1.87. The molecule has 0 aliphatic carbocycles. The number of hydrogen-bond acceptors (Lipinski definition) is 2. The SMILES string of the molecule is CCCCCCCCSCc1ccc2ccccc2c1O. The van der Waals surface area contributed by atoms with E-state index < -0.39 is 0 Å². The molecule has 21 heavy (non-hydrogen) atoms. The van der Waals surface area contributed by atoms with Gasteiger partial charge in [-0.1, -0.05) is 75.4 Å². The third kappa shape index (κ3) is 4.96. The Morgan fingerprint density at radius 3 is 2.52 bits per heavy atom. The molecule has 0 amide bonds. The standard InChI is InChI=1S/C19H26OS/c1-2-3-4-5-6-9-14-21-15-17-13-12-16-10-7-8-11-18(16)19(17)20/h7-8,10-13,20H,2-6,9,14-15H2,1H3. The molecule has 0 fully saturated rings. The predicted octanol–water partition coefficient (Wildman–Crippen LogP) is 6.14. The van der Waals surface area contributed by atoms with E-state index in [9.17, 15) is 5.11 Å². The van der Waals surface area contributed by atoms with E-state index in [2.05, 4.69) is 19.1 Å². The summed E-state index contributed by atoms with van der Waals surface area (Å²) in [5.74, 6) is 2.56. The molecular weight excluding hydrogens is 276 g/mol. The summed E-state index contributed by atoms with van der Waals surface area (Å²) in [4.78, 5) is 0. The fourth-order valence-electron chi connectivity index (χ4n) is 2.58. The van der Waals surface area contributed by atoms with Crippen molar-refractivity contribution >= 4 is 22.5 Å². The molecule has 0 aliphatic heterocycles. The highest BCUT2D eigenvalue weighted by molar-refractivity contribution is 7.98. The number of benzene rings is 2. The minimum absolute atomic E-state index is 0.462. The molecular formula is C19H26OS. The summed E-state index contributed by atoms with van der Waals surface area (Å²) >= 11 is 1.93. The predicted molar refractivity (Wildman–Crippen MR) is 95.2 cm³/mol. The van der Waals surface area contributed by atoms with Gasteiger partial charge in [0.05, 0.1) is 0 Å². The third-order valence-electron chi connectivity index (χ3n) is 3.88. The molecule has 0 atom stereocenters. The maximum absolute atomic E-state index is 10.3. The lowest BCUT2D eigenvalue weighted by Gasteiger charge is -2.08. The maximum atomic E-state index is 10.3. The first-order chi connectivity index (χ1) is 10.3. The molecule has 2 aromatic rings. The minimum Gasteiger partial charge on any atom is -0.507 e. The van der Waals surface area contributed by atoms with Gasteiger partial charge >= 0.3 is 0 Å². The Balaban J connectivity index is 1.75. The molecule has 0 radical (unpaired) electrons. The largest absolute Gasteiger partial charge is 0.507 e. The molecule has 1 nitrogen and oxygen atoms in total. The molecule has 2 heteroatoms. The van der Waals surface area contributed by atoms with Crippen molar-refractivity contribution in [1.29, 1.82) is 0 Å². The smallest absolute Gasteiger partial charge is 0.127 e. The number of rotatable bonds is 9. The number of thioether (sulfide) groups is 1. The maximum Gasteiger partial charge on any atom is 0.127 e. The molecule has 0 aliphatic rings. The summed E-state index contributed by atoms with van der Waals surface area (Å²) < 4.78 is 0. The molecule has 0 saturated carbocycles. The van der Waals surface area contributed by atoms with Crippen LogP contribution >= 0.6 is 11.8 Å². The van der Waals surface area contributed by atoms with Gasteiger partial charge in [0, 0.05) is 16.7 Å². The van der Waals surface area contributed by atoms with Gasteiger partial charge in [-0.25, -0.2) is 0 Å². The van der Waals surface area contributed by atoms with Crippen LogP contribution in [0.2, 0.25) is 0 Å². The quantitative estimate of drug-likeness (QED) is 0.561. The number of fused-ring (bicyclic) bond motifs is 1. The number of aromatic hydroxyl groups is 1. The van der Waals surface area contributed by atoms with Crippen LogP contribution in [0.5, 0.6) is 5.75 Å². The van der Waals surface area contributed by atoms with Crippen molar-refractivity contribution in [2.75, 3.05) is 5.75 Å². The van der Waals surface area contributed by atoms with Crippen LogP contribution in [-0.4, -0.2) is 10.9 Å². The lowest BCUT2D eigenvalue weighted by atomic mass is 10.1. The highest BCUT2D eigenvalue weighted by Crippen LogP contribution is 2.31. The van der Waals surface area contributed by atoms with E-state index in [1.54, 1.807) is 0 Å². The summed E-state index contributed by atoms with van der Waals surface area (Å²) in [7, 11) is 0. The molecule has 0 saturated heterocycles. The average molecular weight is 302 g/mol. The minimum atomic E-state index is 0.462. The van der Waals surface area contributed by atoms with E-state index in [1.165, 1.54) is 44.3 Å². The second-order valence-corrected chi connectivity index (χ2v) is 6.72. The van der Waals surface area contributed by atoms with E-state index in [4.69, 9.17) is 0 Å². The summed E-state index contributed by atoms with van der Waals surface area (Å²) in [6.45, 7) is 2.26. The highest BCUT2D eigenvalue weighted by Gasteiger charge is 2.05. The first-order valence-electron chi connectivity index (χ1n) is 8.10. The molecule has 114 valence electrons. The van der Waals surface area contributed by atoms with Gasteiger partial charge in [0.1, 0.15) is 5.75 Å². The zero-order valence-electron chi connectivity index (χ0n) is 13.0. The van der Waals surface area contributed by atoms with Gasteiger partial charge in [-0.05, 0) is 17.6 Å². The fourth-order valence-corrected chi connectivity index (χ4v) is 3.59. The van der Waals surface area contributed by atoms with E-state index >= 15 is 0 Å². The van der Waals surface area contributed by atoms with Crippen molar-refractivity contribution in [1.82, 2.24) is 0 Å². The molecule has 0 heterocycles. The van der Waals surface area contributed by atoms with Crippen molar-refractivity contribution in [2.24, 2.45) is 0 Å². The second-order valence-electron chi connectivity index (χ2n) is 5.61. The van der Waals surface area contributed by atoms with Crippen LogP contribution in [-0.2, 0) is 5.75 Å². The van der Waals surface area contributed by atoms with Crippen molar-refractivity contribution in [3.63, 3.8) is 0 Å². The van der Waals surface area contributed by atoms with Crippen LogP contribution in [0.25, 0.3) is 10.8 Å². The van der Waals surface area contributed by atoms with Gasteiger partial charge in [0.15, 0.2) is 0 Å². The van der Waals surface area contributed by atoms with Gasteiger partial charge in [-0.15, -0.1) is 0 Å². The average Bonchev–Trinajstić information content (AvgIpc) is 2.52. The van der Waals surface area contributed by atoms with Crippen molar-refractivity contribution in [3.8, 4) is 5.75 Å². The number of hydrogen-bond donors (Lipinski definition) is 1. The van der Waals surface area contributed by atoms with Crippen LogP contribution in [0.4, 0.5) is 0 Å². The van der Waals surface area contributed by atoms with E-state index in [1.807, 2.05) is 36.0 Å². The Labute approximate surface area is 132 Å². The topological polar surface area (TPSA) is 20.2 Å². The van der Waals surface area contributed by atoms with Crippen molar-refractivity contribution in [3.05, 3.63) is 42.0 Å². The van der Waals surface area contributed by atoms with Crippen LogP contribution in [0.1, 0.15) is 51.0 Å². The van der Waals surface area contributed by atoms with Crippen LogP contribution in [0, 0.1) is 0 Å². The molecule has 0 aromatic heterocycles. The summed E-state index contributed by atoms with van der Waals surface area (Å²) in [6.07, 6.45) is 8.08. The lowest BCUT2D eigenvalue weighted by molar-refractivity contribution is 0.477. The van der Waals surface area contributed by atoms with E-state index in [0.717, 1.165) is 22.1 Å². The Morgan fingerprint density at radius 1 is 0.905 bits per heavy atom. The second kappa shape index (κ2) is 8.99. The van der Waals surface area contributed by atoms with Gasteiger partial charge in [0.25, 0.3) is 0 Å². The summed E-state index contributed by atoms with van der Waals surface area (Å²) in [5, 5.41) is 12.4.